The average molecular weight is 255 g/mol. The van der Waals surface area contributed by atoms with E-state index in [4.69, 9.17) is 11.6 Å². The van der Waals surface area contributed by atoms with E-state index in [0.29, 0.717) is 5.69 Å². The molecule has 1 aromatic rings. The molecule has 0 atom stereocenters. The van der Waals surface area contributed by atoms with Gasteiger partial charge in [0.15, 0.2) is 0 Å². The fourth-order valence-electron chi connectivity index (χ4n) is 1.34. The normalized spacial score (nSPS) is 16.0. The Morgan fingerprint density at radius 3 is 2.35 bits per heavy atom. The Kier molecular flexibility index (Phi) is 2.76. The van der Waals surface area contributed by atoms with E-state index < -0.39 is 17.8 Å². The zero-order valence-corrected chi connectivity index (χ0v) is 9.51. The minimum Gasteiger partial charge on any atom is -0.263 e. The van der Waals surface area contributed by atoms with E-state index in [9.17, 15) is 14.4 Å². The molecule has 8 heteroatoms. The molecular formula is C9H7ClN4O3. The number of hydrogen-bond acceptors (Lipinski definition) is 5. The third-order valence-corrected chi connectivity index (χ3v) is 2.44. The molecule has 1 fully saturated rings. The Morgan fingerprint density at radius 2 is 1.88 bits per heavy atom. The summed E-state index contributed by atoms with van der Waals surface area (Å²) in [5.74, 6) is -1.72. The second-order valence-electron chi connectivity index (χ2n) is 3.37. The molecule has 1 aliphatic heterocycles. The first-order chi connectivity index (χ1) is 8.00. The predicted octanol–water partition coefficient (Wildman–Crippen LogP) is 0.0506. The number of aromatic nitrogens is 2. The number of amides is 4. The van der Waals surface area contributed by atoms with Gasteiger partial charge in [0.2, 0.25) is 0 Å². The van der Waals surface area contributed by atoms with Crippen molar-refractivity contribution < 1.29 is 14.4 Å². The molecule has 1 saturated heterocycles. The van der Waals surface area contributed by atoms with Crippen molar-refractivity contribution in [2.75, 3.05) is 7.05 Å². The van der Waals surface area contributed by atoms with Gasteiger partial charge in [0.25, 0.3) is 0 Å². The van der Waals surface area contributed by atoms with E-state index in [1.54, 1.807) is 0 Å². The van der Waals surface area contributed by atoms with Crippen LogP contribution in [0.3, 0.4) is 0 Å². The molecule has 0 saturated carbocycles. The van der Waals surface area contributed by atoms with Crippen molar-refractivity contribution >= 4 is 29.4 Å². The van der Waals surface area contributed by atoms with Crippen molar-refractivity contribution in [1.29, 1.82) is 0 Å². The molecule has 0 N–H and O–H groups in total. The quantitative estimate of drug-likeness (QED) is 0.550. The highest BCUT2D eigenvalue weighted by molar-refractivity contribution is 6.44. The summed E-state index contributed by atoms with van der Waals surface area (Å²) < 4.78 is 0. The summed E-state index contributed by atoms with van der Waals surface area (Å²) in [6, 6.07) is -0.670. The molecule has 0 radical (unpaired) electrons. The fourth-order valence-corrected chi connectivity index (χ4v) is 1.43. The minimum atomic E-state index is -0.866. The smallest absolute Gasteiger partial charge is 0.263 e. The Bertz CT molecular complexity index is 501. The highest BCUT2D eigenvalue weighted by atomic mass is 35.5. The molecule has 0 aromatic carbocycles. The van der Waals surface area contributed by atoms with Gasteiger partial charge >= 0.3 is 17.8 Å². The second-order valence-corrected chi connectivity index (χ2v) is 3.76. The highest BCUT2D eigenvalue weighted by Crippen LogP contribution is 2.13. The summed E-state index contributed by atoms with van der Waals surface area (Å²) in [5, 5.41) is 0.209. The van der Waals surface area contributed by atoms with Crippen LogP contribution in [0.4, 0.5) is 4.79 Å². The van der Waals surface area contributed by atoms with Crippen LogP contribution in [-0.2, 0) is 16.1 Å². The molecule has 0 unspecified atom stereocenters. The molecule has 0 spiro atoms. The van der Waals surface area contributed by atoms with Crippen LogP contribution in [0.15, 0.2) is 12.4 Å². The van der Waals surface area contributed by atoms with Crippen molar-refractivity contribution in [3.8, 4) is 0 Å². The first-order valence-electron chi connectivity index (χ1n) is 4.60. The van der Waals surface area contributed by atoms with Crippen LogP contribution < -0.4 is 0 Å². The molecular weight excluding hydrogens is 248 g/mol. The standard InChI is InChI=1S/C9H7ClN4O3/c1-13-7(15)8(16)14(9(13)17)4-5-2-12-6(10)3-11-5/h2-3H,4H2,1H3. The van der Waals surface area contributed by atoms with Gasteiger partial charge in [-0.2, -0.15) is 0 Å². The maximum Gasteiger partial charge on any atom is 0.334 e. The summed E-state index contributed by atoms with van der Waals surface area (Å²) in [6.45, 7) is -0.0993. The predicted molar refractivity (Wildman–Crippen MR) is 55.8 cm³/mol. The van der Waals surface area contributed by atoms with Crippen molar-refractivity contribution in [1.82, 2.24) is 19.8 Å². The maximum atomic E-state index is 11.5. The van der Waals surface area contributed by atoms with Crippen molar-refractivity contribution in [3.05, 3.63) is 23.2 Å². The molecule has 88 valence electrons. The number of imide groups is 2. The Morgan fingerprint density at radius 1 is 1.18 bits per heavy atom. The number of carbonyl (C=O) groups is 3. The molecule has 0 bridgehead atoms. The van der Waals surface area contributed by atoms with Crippen LogP contribution in [0, 0.1) is 0 Å². The summed E-state index contributed by atoms with van der Waals surface area (Å²) in [5.41, 5.74) is 0.374. The first kappa shape index (κ1) is 11.5. The highest BCUT2D eigenvalue weighted by Gasteiger charge is 2.42. The van der Waals surface area contributed by atoms with E-state index in [1.807, 2.05) is 0 Å². The van der Waals surface area contributed by atoms with Crippen molar-refractivity contribution in [3.63, 3.8) is 0 Å². The minimum absolute atomic E-state index is 0.0993. The summed E-state index contributed by atoms with van der Waals surface area (Å²) in [6.07, 6.45) is 2.64. The van der Waals surface area contributed by atoms with Gasteiger partial charge in [-0.15, -0.1) is 0 Å². The van der Waals surface area contributed by atoms with E-state index >= 15 is 0 Å². The van der Waals surface area contributed by atoms with Gasteiger partial charge in [-0.1, -0.05) is 11.6 Å². The zero-order valence-electron chi connectivity index (χ0n) is 8.75. The monoisotopic (exact) mass is 254 g/mol. The lowest BCUT2D eigenvalue weighted by atomic mass is 10.4. The van der Waals surface area contributed by atoms with Crippen LogP contribution in [0.2, 0.25) is 5.15 Å². The zero-order chi connectivity index (χ0) is 12.6. The third-order valence-electron chi connectivity index (χ3n) is 2.24. The average Bonchev–Trinajstić information content (AvgIpc) is 2.50. The lowest BCUT2D eigenvalue weighted by Gasteiger charge is -2.11. The molecule has 17 heavy (non-hydrogen) atoms. The van der Waals surface area contributed by atoms with E-state index in [0.717, 1.165) is 9.80 Å². The Labute approximate surface area is 101 Å². The summed E-state index contributed by atoms with van der Waals surface area (Å²) >= 11 is 5.55. The molecule has 7 nitrogen and oxygen atoms in total. The van der Waals surface area contributed by atoms with E-state index in [1.165, 1.54) is 19.4 Å². The SMILES string of the molecule is CN1C(=O)C(=O)N(Cc2cnc(Cl)cn2)C1=O. The topological polar surface area (TPSA) is 83.5 Å². The number of likely N-dealkylation sites (N-methyl/N-ethyl adjacent to an activating group) is 1. The van der Waals surface area contributed by atoms with Crippen LogP contribution in [0.5, 0.6) is 0 Å². The number of halogens is 1. The van der Waals surface area contributed by atoms with Gasteiger partial charge in [0.05, 0.1) is 24.6 Å². The van der Waals surface area contributed by atoms with Crippen molar-refractivity contribution in [2.24, 2.45) is 0 Å². The second kappa shape index (κ2) is 4.10. The molecule has 2 rings (SSSR count). The van der Waals surface area contributed by atoms with E-state index in [2.05, 4.69) is 9.97 Å². The van der Waals surface area contributed by atoms with Crippen LogP contribution in [0.25, 0.3) is 0 Å². The Balaban J connectivity index is 2.19. The molecule has 2 heterocycles. The van der Waals surface area contributed by atoms with Crippen molar-refractivity contribution in [2.45, 2.75) is 6.54 Å². The summed E-state index contributed by atoms with van der Waals surface area (Å²) in [7, 11) is 1.25. The Hall–Kier alpha value is -2.02. The van der Waals surface area contributed by atoms with Gasteiger partial charge in [-0.05, 0) is 0 Å². The van der Waals surface area contributed by atoms with Gasteiger partial charge < -0.3 is 0 Å². The number of carbonyl (C=O) groups excluding carboxylic acids is 3. The largest absolute Gasteiger partial charge is 0.334 e. The molecule has 1 aromatic heterocycles. The van der Waals surface area contributed by atoms with Gasteiger partial charge in [-0.3, -0.25) is 19.5 Å². The van der Waals surface area contributed by atoms with Gasteiger partial charge in [-0.25, -0.2) is 14.7 Å². The third kappa shape index (κ3) is 1.96. The summed E-state index contributed by atoms with van der Waals surface area (Å²) in [4.78, 5) is 43.4. The number of hydrogen-bond donors (Lipinski definition) is 0. The number of urea groups is 1. The van der Waals surface area contributed by atoms with E-state index in [-0.39, 0.29) is 11.7 Å². The maximum absolute atomic E-state index is 11.5. The lowest BCUT2D eigenvalue weighted by Crippen LogP contribution is -2.31. The first-order valence-corrected chi connectivity index (χ1v) is 4.98. The molecule has 0 aliphatic carbocycles. The number of nitrogens with zero attached hydrogens (tertiary/aromatic N) is 4. The van der Waals surface area contributed by atoms with Crippen LogP contribution >= 0.6 is 11.6 Å². The fraction of sp³-hybridized carbons (Fsp3) is 0.222. The molecule has 1 aliphatic rings. The molecule has 4 amide bonds. The van der Waals surface area contributed by atoms with Gasteiger partial charge in [0.1, 0.15) is 5.15 Å². The van der Waals surface area contributed by atoms with Gasteiger partial charge in [0, 0.05) is 7.05 Å². The lowest BCUT2D eigenvalue weighted by molar-refractivity contribution is -0.143. The van der Waals surface area contributed by atoms with Crippen LogP contribution in [-0.4, -0.2) is 44.7 Å². The number of rotatable bonds is 2. The van der Waals surface area contributed by atoms with Crippen LogP contribution in [0.1, 0.15) is 5.69 Å².